The van der Waals surface area contributed by atoms with E-state index in [9.17, 15) is 0 Å². The normalized spacial score (nSPS) is 24.6. The van der Waals surface area contributed by atoms with Crippen LogP contribution in [0, 0.1) is 6.92 Å². The summed E-state index contributed by atoms with van der Waals surface area (Å²) in [6, 6.07) is 5.98. The smallest absolute Gasteiger partial charge is 0.203 e. The molecule has 0 N–H and O–H groups in total. The van der Waals surface area contributed by atoms with Crippen molar-refractivity contribution in [1.82, 2.24) is 4.98 Å². The van der Waals surface area contributed by atoms with Crippen LogP contribution in [0.15, 0.2) is 30.0 Å². The lowest BCUT2D eigenvalue weighted by Gasteiger charge is -2.36. The fourth-order valence-corrected chi connectivity index (χ4v) is 2.41. The molecule has 92 valence electrons. The van der Waals surface area contributed by atoms with Gasteiger partial charge in [0.25, 0.3) is 0 Å². The van der Waals surface area contributed by atoms with Crippen LogP contribution in [0.25, 0.3) is 0 Å². The van der Waals surface area contributed by atoms with Crippen molar-refractivity contribution < 1.29 is 9.26 Å². The highest BCUT2D eigenvalue weighted by molar-refractivity contribution is 5.98. The first-order valence-corrected chi connectivity index (χ1v) is 6.59. The summed E-state index contributed by atoms with van der Waals surface area (Å²) < 4.78 is 5.51. The number of hydroxylamine groups is 1. The zero-order valence-corrected chi connectivity index (χ0v) is 12.7. The molecule has 1 aliphatic heterocycles. The minimum Gasteiger partial charge on any atom is -0.555 e. The standard InChI is InChI=1S/C12H18N2O2Si/c1-8-5-4-6-12(13-8)14-10(3)11(16-17)7-9(2)15-14/h4-7,9-10H,1-3,17H3/t9-,10+/m0/s1. The van der Waals surface area contributed by atoms with Gasteiger partial charge in [-0.25, -0.2) is 10.0 Å². The van der Waals surface area contributed by atoms with Crippen LogP contribution in [-0.4, -0.2) is 27.6 Å². The summed E-state index contributed by atoms with van der Waals surface area (Å²) in [7, 11) is 0.690. The second-order valence-corrected chi connectivity index (χ2v) is 4.63. The largest absolute Gasteiger partial charge is 0.555 e. The number of nitrogens with zero attached hydrogens (tertiary/aromatic N) is 2. The average Bonchev–Trinajstić information content (AvgIpc) is 2.31. The molecule has 5 heteroatoms. The zero-order valence-electron chi connectivity index (χ0n) is 10.7. The Bertz CT molecular complexity index is 436. The molecule has 0 aromatic carbocycles. The molecular weight excluding hydrogens is 232 g/mol. The molecule has 0 saturated heterocycles. The summed E-state index contributed by atoms with van der Waals surface area (Å²) in [5, 5.41) is 1.82. The molecule has 0 saturated carbocycles. The SMILES string of the molecule is Cc1cccc(N2O[C@@H](C)C=C(O[SiH3])[C@H]2C)n1. The summed E-state index contributed by atoms with van der Waals surface area (Å²) in [5.74, 6) is 1.80. The highest BCUT2D eigenvalue weighted by Gasteiger charge is 2.27. The van der Waals surface area contributed by atoms with Crippen molar-refractivity contribution in [3.05, 3.63) is 35.7 Å². The van der Waals surface area contributed by atoms with Gasteiger partial charge in [-0.15, -0.1) is 0 Å². The van der Waals surface area contributed by atoms with Crippen LogP contribution in [0.5, 0.6) is 0 Å². The van der Waals surface area contributed by atoms with Gasteiger partial charge in [0.2, 0.25) is 10.5 Å². The van der Waals surface area contributed by atoms with Gasteiger partial charge >= 0.3 is 0 Å². The van der Waals surface area contributed by atoms with E-state index < -0.39 is 0 Å². The number of aromatic nitrogens is 1. The van der Waals surface area contributed by atoms with Crippen LogP contribution < -0.4 is 5.06 Å². The van der Waals surface area contributed by atoms with E-state index in [0.29, 0.717) is 10.5 Å². The van der Waals surface area contributed by atoms with Gasteiger partial charge in [0.1, 0.15) is 17.9 Å². The fraction of sp³-hybridized carbons (Fsp3) is 0.417. The monoisotopic (exact) mass is 250 g/mol. The summed E-state index contributed by atoms with van der Waals surface area (Å²) >= 11 is 0. The van der Waals surface area contributed by atoms with E-state index in [0.717, 1.165) is 17.3 Å². The van der Waals surface area contributed by atoms with Crippen molar-refractivity contribution in [2.45, 2.75) is 32.9 Å². The van der Waals surface area contributed by atoms with Crippen molar-refractivity contribution in [2.75, 3.05) is 5.06 Å². The fourth-order valence-electron chi connectivity index (χ4n) is 1.93. The Balaban J connectivity index is 2.30. The number of aryl methyl sites for hydroxylation is 1. The molecule has 17 heavy (non-hydrogen) atoms. The zero-order chi connectivity index (χ0) is 12.4. The molecule has 4 nitrogen and oxygen atoms in total. The molecular formula is C12H18N2O2Si. The molecule has 1 aliphatic rings. The van der Waals surface area contributed by atoms with Gasteiger partial charge in [0.05, 0.1) is 0 Å². The Kier molecular flexibility index (Phi) is 3.49. The van der Waals surface area contributed by atoms with E-state index in [4.69, 9.17) is 9.26 Å². The van der Waals surface area contributed by atoms with Gasteiger partial charge in [-0.05, 0) is 39.0 Å². The van der Waals surface area contributed by atoms with Gasteiger partial charge in [-0.1, -0.05) is 6.07 Å². The van der Waals surface area contributed by atoms with Crippen LogP contribution in [0.4, 0.5) is 5.82 Å². The molecule has 0 radical (unpaired) electrons. The first-order chi connectivity index (χ1) is 8.11. The van der Waals surface area contributed by atoms with Crippen LogP contribution >= 0.6 is 0 Å². The molecule has 0 fully saturated rings. The predicted molar refractivity (Wildman–Crippen MR) is 70.6 cm³/mol. The van der Waals surface area contributed by atoms with Crippen LogP contribution in [0.1, 0.15) is 19.5 Å². The minimum absolute atomic E-state index is 0.0115. The lowest BCUT2D eigenvalue weighted by molar-refractivity contribution is 0.0389. The number of anilines is 1. The molecule has 1 aromatic heterocycles. The van der Waals surface area contributed by atoms with Gasteiger partial charge in [0, 0.05) is 5.69 Å². The maximum atomic E-state index is 5.80. The lowest BCUT2D eigenvalue weighted by Crippen LogP contribution is -2.42. The summed E-state index contributed by atoms with van der Waals surface area (Å²) in [5.41, 5.74) is 0.980. The summed E-state index contributed by atoms with van der Waals surface area (Å²) in [6.07, 6.45) is 2.03. The Morgan fingerprint density at radius 1 is 1.41 bits per heavy atom. The summed E-state index contributed by atoms with van der Waals surface area (Å²) in [4.78, 5) is 10.3. The topological polar surface area (TPSA) is 34.6 Å². The minimum atomic E-state index is 0.0115. The first kappa shape index (κ1) is 12.1. The highest BCUT2D eigenvalue weighted by Crippen LogP contribution is 2.25. The number of hydrogen-bond donors (Lipinski definition) is 0. The Morgan fingerprint density at radius 2 is 2.18 bits per heavy atom. The van der Waals surface area contributed by atoms with E-state index in [1.54, 1.807) is 0 Å². The third-order valence-corrected chi connectivity index (χ3v) is 3.25. The van der Waals surface area contributed by atoms with Crippen LogP contribution in [0.2, 0.25) is 0 Å². The Morgan fingerprint density at radius 3 is 2.82 bits per heavy atom. The van der Waals surface area contributed by atoms with Crippen molar-refractivity contribution in [2.24, 2.45) is 0 Å². The van der Waals surface area contributed by atoms with Crippen LogP contribution in [0.3, 0.4) is 0 Å². The molecule has 0 bridgehead atoms. The molecule has 0 amide bonds. The van der Waals surface area contributed by atoms with Crippen molar-refractivity contribution in [3.8, 4) is 0 Å². The third kappa shape index (κ3) is 2.50. The second kappa shape index (κ2) is 4.89. The molecule has 2 atom stereocenters. The van der Waals surface area contributed by atoms with E-state index in [-0.39, 0.29) is 12.1 Å². The molecule has 0 unspecified atom stereocenters. The second-order valence-electron chi connectivity index (χ2n) is 4.22. The van der Waals surface area contributed by atoms with Gasteiger partial charge < -0.3 is 4.43 Å². The quantitative estimate of drug-likeness (QED) is 0.736. The Labute approximate surface area is 105 Å². The van der Waals surface area contributed by atoms with Crippen LogP contribution in [-0.2, 0) is 9.26 Å². The van der Waals surface area contributed by atoms with Gasteiger partial charge in [0.15, 0.2) is 5.82 Å². The number of pyridine rings is 1. The summed E-state index contributed by atoms with van der Waals surface area (Å²) in [6.45, 7) is 6.02. The van der Waals surface area contributed by atoms with Crippen molar-refractivity contribution in [3.63, 3.8) is 0 Å². The molecule has 2 rings (SSSR count). The van der Waals surface area contributed by atoms with Crippen molar-refractivity contribution in [1.29, 1.82) is 0 Å². The van der Waals surface area contributed by atoms with E-state index in [1.165, 1.54) is 0 Å². The molecule has 1 aromatic rings. The van der Waals surface area contributed by atoms with E-state index >= 15 is 0 Å². The number of rotatable bonds is 2. The van der Waals surface area contributed by atoms with Gasteiger partial charge in [-0.2, -0.15) is 0 Å². The predicted octanol–water partition coefficient (Wildman–Crippen LogP) is 1.10. The Hall–Kier alpha value is -1.33. The van der Waals surface area contributed by atoms with E-state index in [2.05, 4.69) is 11.9 Å². The molecule has 0 spiro atoms. The van der Waals surface area contributed by atoms with Crippen molar-refractivity contribution >= 4 is 16.3 Å². The maximum Gasteiger partial charge on any atom is 0.203 e. The maximum absolute atomic E-state index is 5.80. The average molecular weight is 250 g/mol. The van der Waals surface area contributed by atoms with E-state index in [1.807, 2.05) is 43.2 Å². The van der Waals surface area contributed by atoms with Gasteiger partial charge in [-0.3, -0.25) is 4.84 Å². The highest BCUT2D eigenvalue weighted by atomic mass is 28.2. The first-order valence-electron chi connectivity index (χ1n) is 5.77. The molecule has 0 aliphatic carbocycles. The molecule has 2 heterocycles. The number of hydrogen-bond acceptors (Lipinski definition) is 4. The lowest BCUT2D eigenvalue weighted by atomic mass is 10.2. The third-order valence-electron chi connectivity index (χ3n) is 2.78.